The van der Waals surface area contributed by atoms with Crippen LogP contribution < -0.4 is 5.32 Å². The molecule has 2 aromatic rings. The van der Waals surface area contributed by atoms with Gasteiger partial charge in [0, 0.05) is 57.0 Å². The van der Waals surface area contributed by atoms with Gasteiger partial charge in [-0.2, -0.15) is 0 Å². The van der Waals surface area contributed by atoms with Crippen LogP contribution in [0, 0.1) is 5.82 Å². The zero-order valence-corrected chi connectivity index (χ0v) is 14.6. The average molecular weight is 344 g/mol. The maximum absolute atomic E-state index is 13.6. The van der Waals surface area contributed by atoms with Crippen LogP contribution in [0.5, 0.6) is 0 Å². The van der Waals surface area contributed by atoms with Gasteiger partial charge in [-0.1, -0.05) is 18.2 Å². The first-order chi connectivity index (χ1) is 12.1. The number of benzene rings is 1. The molecule has 1 fully saturated rings. The lowest BCUT2D eigenvalue weighted by atomic mass is 9.97. The lowest BCUT2D eigenvalue weighted by Crippen LogP contribution is -2.38. The summed E-state index contributed by atoms with van der Waals surface area (Å²) in [4.78, 5) is 18.8. The van der Waals surface area contributed by atoms with Crippen LogP contribution in [-0.4, -0.2) is 40.0 Å². The van der Waals surface area contributed by atoms with Crippen LogP contribution in [0.2, 0.25) is 0 Å². The summed E-state index contributed by atoms with van der Waals surface area (Å²) in [6, 6.07) is 6.52. The summed E-state index contributed by atoms with van der Waals surface area (Å²) in [5.74, 6) is 1.23. The second-order valence-electron chi connectivity index (χ2n) is 6.65. The average Bonchev–Trinajstić information content (AvgIpc) is 3.05. The summed E-state index contributed by atoms with van der Waals surface area (Å²) in [7, 11) is 2.03. The van der Waals surface area contributed by atoms with Crippen LogP contribution in [-0.2, 0) is 18.4 Å². The molecule has 3 rings (SSSR count). The molecule has 2 heterocycles. The summed E-state index contributed by atoms with van der Waals surface area (Å²) in [5.41, 5.74) is 0.517. The number of imidazole rings is 1. The smallest absolute Gasteiger partial charge is 0.221 e. The van der Waals surface area contributed by atoms with Crippen molar-refractivity contribution < 1.29 is 9.18 Å². The van der Waals surface area contributed by atoms with Gasteiger partial charge < -0.3 is 14.8 Å². The number of amides is 1. The minimum Gasteiger partial charge on any atom is -0.352 e. The number of rotatable bonds is 6. The van der Waals surface area contributed by atoms with E-state index in [0.717, 1.165) is 38.3 Å². The third-order valence-corrected chi connectivity index (χ3v) is 4.82. The van der Waals surface area contributed by atoms with E-state index in [2.05, 4.69) is 19.8 Å². The highest BCUT2D eigenvalue weighted by Crippen LogP contribution is 2.25. The molecule has 1 saturated heterocycles. The summed E-state index contributed by atoms with van der Waals surface area (Å²) in [6.45, 7) is 2.92. The molecular weight excluding hydrogens is 319 g/mol. The maximum atomic E-state index is 13.6. The Morgan fingerprint density at radius 2 is 2.24 bits per heavy atom. The number of hydrogen-bond acceptors (Lipinski definition) is 3. The van der Waals surface area contributed by atoms with Crippen molar-refractivity contribution in [2.24, 2.45) is 7.05 Å². The fourth-order valence-electron chi connectivity index (χ4n) is 3.42. The first-order valence-electron chi connectivity index (χ1n) is 8.83. The highest BCUT2D eigenvalue weighted by Gasteiger charge is 2.24. The summed E-state index contributed by atoms with van der Waals surface area (Å²) < 4.78 is 15.6. The van der Waals surface area contributed by atoms with E-state index in [4.69, 9.17) is 0 Å². The van der Waals surface area contributed by atoms with Crippen LogP contribution in [0.25, 0.3) is 0 Å². The van der Waals surface area contributed by atoms with Crippen molar-refractivity contribution in [2.45, 2.75) is 31.7 Å². The quantitative estimate of drug-likeness (QED) is 0.876. The molecule has 1 unspecified atom stereocenters. The molecule has 1 N–H and O–H groups in total. The standard InChI is InChI=1S/C19H25FN4O/c1-23-12-9-21-19(23)16-6-4-10-24(14-16)11-8-18(25)22-13-15-5-2-3-7-17(15)20/h2-3,5,7,9,12,16H,4,6,8,10-11,13-14H2,1H3,(H,22,25). The van der Waals surface area contributed by atoms with Gasteiger partial charge in [-0.3, -0.25) is 4.79 Å². The van der Waals surface area contributed by atoms with E-state index in [1.807, 2.05) is 19.4 Å². The molecule has 1 aliphatic rings. The highest BCUT2D eigenvalue weighted by molar-refractivity contribution is 5.76. The number of hydrogen-bond donors (Lipinski definition) is 1. The fraction of sp³-hybridized carbons (Fsp3) is 0.474. The molecule has 25 heavy (non-hydrogen) atoms. The zero-order chi connectivity index (χ0) is 17.6. The number of carbonyl (C=O) groups is 1. The van der Waals surface area contributed by atoms with E-state index >= 15 is 0 Å². The van der Waals surface area contributed by atoms with Crippen molar-refractivity contribution in [1.82, 2.24) is 19.8 Å². The van der Waals surface area contributed by atoms with Gasteiger partial charge in [-0.15, -0.1) is 0 Å². The first-order valence-corrected chi connectivity index (χ1v) is 8.83. The first kappa shape index (κ1) is 17.6. The minimum atomic E-state index is -0.281. The van der Waals surface area contributed by atoms with Gasteiger partial charge in [0.05, 0.1) is 0 Å². The third-order valence-electron chi connectivity index (χ3n) is 4.82. The molecule has 1 atom stereocenters. The van der Waals surface area contributed by atoms with Gasteiger partial charge in [0.25, 0.3) is 0 Å². The number of nitrogens with zero attached hydrogens (tertiary/aromatic N) is 3. The monoisotopic (exact) mass is 344 g/mol. The summed E-state index contributed by atoms with van der Waals surface area (Å²) in [6.07, 6.45) is 6.51. The predicted octanol–water partition coefficient (Wildman–Crippen LogP) is 2.45. The molecule has 1 amide bonds. The number of piperidine rings is 1. The van der Waals surface area contributed by atoms with Crippen molar-refractivity contribution in [3.8, 4) is 0 Å². The van der Waals surface area contributed by atoms with E-state index in [1.54, 1.807) is 18.2 Å². The molecule has 6 heteroatoms. The molecule has 0 radical (unpaired) electrons. The number of aromatic nitrogens is 2. The van der Waals surface area contributed by atoms with E-state index < -0.39 is 0 Å². The van der Waals surface area contributed by atoms with Crippen molar-refractivity contribution in [3.05, 3.63) is 53.9 Å². The Hall–Kier alpha value is -2.21. The van der Waals surface area contributed by atoms with Crippen LogP contribution in [0.3, 0.4) is 0 Å². The van der Waals surface area contributed by atoms with Gasteiger partial charge in [0.15, 0.2) is 0 Å². The SMILES string of the molecule is Cn1ccnc1C1CCCN(CCC(=O)NCc2ccccc2F)C1. The lowest BCUT2D eigenvalue weighted by Gasteiger charge is -2.32. The van der Waals surface area contributed by atoms with Gasteiger partial charge in [0.2, 0.25) is 5.91 Å². The third kappa shape index (κ3) is 4.66. The fourth-order valence-corrected chi connectivity index (χ4v) is 3.42. The van der Waals surface area contributed by atoms with Crippen LogP contribution in [0.4, 0.5) is 4.39 Å². The predicted molar refractivity (Wildman–Crippen MR) is 94.5 cm³/mol. The van der Waals surface area contributed by atoms with Gasteiger partial charge in [-0.05, 0) is 25.5 Å². The van der Waals surface area contributed by atoms with Crippen LogP contribution in [0.1, 0.15) is 36.6 Å². The van der Waals surface area contributed by atoms with Gasteiger partial charge in [-0.25, -0.2) is 9.37 Å². The van der Waals surface area contributed by atoms with Crippen molar-refractivity contribution >= 4 is 5.91 Å². The number of nitrogens with one attached hydrogen (secondary N) is 1. The highest BCUT2D eigenvalue weighted by atomic mass is 19.1. The molecule has 0 saturated carbocycles. The Kier molecular flexibility index (Phi) is 5.81. The van der Waals surface area contributed by atoms with Crippen molar-refractivity contribution in [2.75, 3.05) is 19.6 Å². The van der Waals surface area contributed by atoms with Crippen LogP contribution >= 0.6 is 0 Å². The number of likely N-dealkylation sites (tertiary alicyclic amines) is 1. The maximum Gasteiger partial charge on any atom is 0.221 e. The molecule has 0 aliphatic carbocycles. The molecule has 0 spiro atoms. The zero-order valence-electron chi connectivity index (χ0n) is 14.6. The summed E-state index contributed by atoms with van der Waals surface area (Å²) in [5, 5.41) is 2.81. The Labute approximate surface area is 147 Å². The topological polar surface area (TPSA) is 50.2 Å². The lowest BCUT2D eigenvalue weighted by molar-refractivity contribution is -0.121. The van der Waals surface area contributed by atoms with E-state index in [-0.39, 0.29) is 18.3 Å². The van der Waals surface area contributed by atoms with Crippen LogP contribution in [0.15, 0.2) is 36.7 Å². The molecule has 1 aromatic carbocycles. The molecule has 1 aliphatic heterocycles. The normalized spacial score (nSPS) is 18.2. The van der Waals surface area contributed by atoms with Gasteiger partial charge in [0.1, 0.15) is 11.6 Å². The Bertz CT molecular complexity index is 715. The number of carbonyl (C=O) groups excluding carboxylic acids is 1. The molecular formula is C19H25FN4O. The Morgan fingerprint density at radius 1 is 1.40 bits per heavy atom. The van der Waals surface area contributed by atoms with E-state index in [9.17, 15) is 9.18 Å². The second-order valence-corrected chi connectivity index (χ2v) is 6.65. The molecule has 5 nitrogen and oxygen atoms in total. The van der Waals surface area contributed by atoms with Crippen molar-refractivity contribution in [3.63, 3.8) is 0 Å². The molecule has 1 aromatic heterocycles. The summed E-state index contributed by atoms with van der Waals surface area (Å²) >= 11 is 0. The van der Waals surface area contributed by atoms with E-state index in [0.29, 0.717) is 17.9 Å². The van der Waals surface area contributed by atoms with Gasteiger partial charge >= 0.3 is 0 Å². The van der Waals surface area contributed by atoms with Crippen molar-refractivity contribution in [1.29, 1.82) is 0 Å². The number of halogens is 1. The second kappa shape index (κ2) is 8.25. The molecule has 0 bridgehead atoms. The Balaban J connectivity index is 1.44. The minimum absolute atomic E-state index is 0.0395. The molecule has 134 valence electrons. The Morgan fingerprint density at radius 3 is 3.00 bits per heavy atom. The van der Waals surface area contributed by atoms with E-state index in [1.165, 1.54) is 6.07 Å². The number of aryl methyl sites for hydroxylation is 1. The largest absolute Gasteiger partial charge is 0.352 e.